The van der Waals surface area contributed by atoms with Crippen molar-refractivity contribution in [3.63, 3.8) is 0 Å². The number of hydrogen-bond acceptors (Lipinski definition) is 4. The Morgan fingerprint density at radius 1 is 1.48 bits per heavy atom. The summed E-state index contributed by atoms with van der Waals surface area (Å²) in [5.41, 5.74) is 6.47. The van der Waals surface area contributed by atoms with Crippen molar-refractivity contribution in [2.24, 2.45) is 0 Å². The zero-order valence-electron chi connectivity index (χ0n) is 11.6. The van der Waals surface area contributed by atoms with Gasteiger partial charge in [0.05, 0.1) is 11.2 Å². The summed E-state index contributed by atoms with van der Waals surface area (Å²) in [4.78, 5) is 17.0. The van der Waals surface area contributed by atoms with Crippen LogP contribution in [-0.2, 0) is 6.54 Å². The number of benzene rings is 1. The third kappa shape index (κ3) is 3.05. The number of nitrogens with two attached hydrogens (primary N) is 1. The highest BCUT2D eigenvalue weighted by molar-refractivity contribution is 7.20. The molecular weight excluding hydrogens is 284 g/mol. The Bertz CT molecular complexity index is 763. The molecule has 1 unspecified atom stereocenters. The number of rotatable bonds is 4. The molecule has 0 aliphatic rings. The minimum atomic E-state index is -0.0533. The molecule has 2 aromatic heterocycles. The van der Waals surface area contributed by atoms with Crippen LogP contribution in [-0.4, -0.2) is 21.5 Å². The normalized spacial score (nSPS) is 12.4. The van der Waals surface area contributed by atoms with Crippen molar-refractivity contribution in [3.8, 4) is 0 Å². The van der Waals surface area contributed by atoms with Crippen molar-refractivity contribution in [2.45, 2.75) is 19.5 Å². The van der Waals surface area contributed by atoms with Crippen LogP contribution >= 0.6 is 11.3 Å². The van der Waals surface area contributed by atoms with Crippen molar-refractivity contribution >= 4 is 33.0 Å². The van der Waals surface area contributed by atoms with Gasteiger partial charge < -0.3 is 15.6 Å². The standard InChI is InChI=1S/C15H16N4OS/c1-10(8-19-5-4-17-9-19)18-15(20)14-7-11-6-12(16)2-3-13(11)21-14/h2-7,9-10H,8,16H2,1H3,(H,18,20). The van der Waals surface area contributed by atoms with Crippen LogP contribution in [0.2, 0.25) is 0 Å². The van der Waals surface area contributed by atoms with E-state index < -0.39 is 0 Å². The van der Waals surface area contributed by atoms with E-state index in [1.54, 1.807) is 12.5 Å². The summed E-state index contributed by atoms with van der Waals surface area (Å²) in [6.45, 7) is 2.67. The maximum Gasteiger partial charge on any atom is 0.261 e. The van der Waals surface area contributed by atoms with Crippen LogP contribution < -0.4 is 11.1 Å². The van der Waals surface area contributed by atoms with Crippen molar-refractivity contribution in [3.05, 3.63) is 47.9 Å². The lowest BCUT2D eigenvalue weighted by atomic mass is 10.2. The molecule has 21 heavy (non-hydrogen) atoms. The summed E-state index contributed by atoms with van der Waals surface area (Å²) in [6, 6.07) is 7.60. The maximum atomic E-state index is 12.3. The van der Waals surface area contributed by atoms with Crippen LogP contribution in [0, 0.1) is 0 Å². The van der Waals surface area contributed by atoms with E-state index in [9.17, 15) is 4.79 Å². The molecule has 1 atom stereocenters. The number of nitrogen functional groups attached to an aromatic ring is 1. The van der Waals surface area contributed by atoms with Crippen molar-refractivity contribution < 1.29 is 4.79 Å². The second kappa shape index (κ2) is 5.57. The van der Waals surface area contributed by atoms with E-state index in [-0.39, 0.29) is 11.9 Å². The topological polar surface area (TPSA) is 72.9 Å². The molecule has 3 rings (SSSR count). The predicted molar refractivity (Wildman–Crippen MR) is 85.4 cm³/mol. The zero-order valence-corrected chi connectivity index (χ0v) is 12.4. The summed E-state index contributed by atoms with van der Waals surface area (Å²) >= 11 is 1.48. The van der Waals surface area contributed by atoms with E-state index in [0.717, 1.165) is 10.1 Å². The fraction of sp³-hybridized carbons (Fsp3) is 0.200. The monoisotopic (exact) mass is 300 g/mol. The molecule has 0 aliphatic heterocycles. The molecule has 5 nitrogen and oxygen atoms in total. The average Bonchev–Trinajstić information content (AvgIpc) is 3.06. The van der Waals surface area contributed by atoms with Gasteiger partial charge in [-0.15, -0.1) is 11.3 Å². The van der Waals surface area contributed by atoms with Gasteiger partial charge in [-0.05, 0) is 36.6 Å². The Balaban J connectivity index is 1.71. The molecule has 0 bridgehead atoms. The van der Waals surface area contributed by atoms with Crippen molar-refractivity contribution in [1.29, 1.82) is 0 Å². The average molecular weight is 300 g/mol. The molecule has 0 radical (unpaired) electrons. The minimum absolute atomic E-state index is 0.0296. The second-order valence-corrected chi connectivity index (χ2v) is 6.13. The van der Waals surface area contributed by atoms with Crippen molar-refractivity contribution in [1.82, 2.24) is 14.9 Å². The molecule has 1 amide bonds. The zero-order chi connectivity index (χ0) is 14.8. The highest BCUT2D eigenvalue weighted by atomic mass is 32.1. The molecule has 3 aromatic rings. The molecule has 0 saturated carbocycles. The SMILES string of the molecule is CC(Cn1ccnc1)NC(=O)c1cc2cc(N)ccc2s1. The minimum Gasteiger partial charge on any atom is -0.399 e. The molecule has 1 aromatic carbocycles. The molecule has 0 aliphatic carbocycles. The Hall–Kier alpha value is -2.34. The van der Waals surface area contributed by atoms with E-state index >= 15 is 0 Å². The number of nitrogens with one attached hydrogen (secondary N) is 1. The third-order valence-corrected chi connectivity index (χ3v) is 4.30. The Kier molecular flexibility index (Phi) is 3.62. The lowest BCUT2D eigenvalue weighted by Crippen LogP contribution is -2.35. The quantitative estimate of drug-likeness (QED) is 0.727. The smallest absolute Gasteiger partial charge is 0.261 e. The van der Waals surface area contributed by atoms with Crippen LogP contribution in [0.5, 0.6) is 0 Å². The first-order valence-corrected chi connectivity index (χ1v) is 7.49. The van der Waals surface area contributed by atoms with E-state index in [2.05, 4.69) is 10.3 Å². The highest BCUT2D eigenvalue weighted by Gasteiger charge is 2.13. The Morgan fingerprint density at radius 2 is 2.33 bits per heavy atom. The first-order valence-electron chi connectivity index (χ1n) is 6.67. The van der Waals surface area contributed by atoms with Gasteiger partial charge in [0.25, 0.3) is 5.91 Å². The second-order valence-electron chi connectivity index (χ2n) is 5.04. The number of nitrogens with zero attached hydrogens (tertiary/aromatic N) is 2. The molecule has 3 N–H and O–H groups in total. The van der Waals surface area contributed by atoms with Gasteiger partial charge >= 0.3 is 0 Å². The number of carbonyl (C=O) groups is 1. The van der Waals surface area contributed by atoms with Crippen molar-refractivity contribution in [2.75, 3.05) is 5.73 Å². The van der Waals surface area contributed by atoms with Gasteiger partial charge in [0.1, 0.15) is 0 Å². The third-order valence-electron chi connectivity index (χ3n) is 3.19. The fourth-order valence-electron chi connectivity index (χ4n) is 2.23. The predicted octanol–water partition coefficient (Wildman–Crippen LogP) is 2.50. The van der Waals surface area contributed by atoms with E-state index in [1.807, 2.05) is 42.0 Å². The van der Waals surface area contributed by atoms with Crippen LogP contribution in [0.25, 0.3) is 10.1 Å². The molecule has 0 saturated heterocycles. The van der Waals surface area contributed by atoms with Gasteiger partial charge in [0.2, 0.25) is 0 Å². The molecular formula is C15H16N4OS. The molecule has 0 fully saturated rings. The summed E-state index contributed by atoms with van der Waals surface area (Å²) in [6.07, 6.45) is 5.35. The lowest BCUT2D eigenvalue weighted by molar-refractivity contribution is 0.0941. The van der Waals surface area contributed by atoms with Gasteiger partial charge in [-0.3, -0.25) is 4.79 Å². The van der Waals surface area contributed by atoms with Crippen LogP contribution in [0.1, 0.15) is 16.6 Å². The summed E-state index contributed by atoms with van der Waals surface area (Å²) in [5.74, 6) is -0.0533. The fourth-order valence-corrected chi connectivity index (χ4v) is 3.17. The Morgan fingerprint density at radius 3 is 3.10 bits per heavy atom. The van der Waals surface area contributed by atoms with Crippen LogP contribution in [0.3, 0.4) is 0 Å². The summed E-state index contributed by atoms with van der Waals surface area (Å²) in [5, 5.41) is 4.01. The summed E-state index contributed by atoms with van der Waals surface area (Å²) < 4.78 is 3.01. The maximum absolute atomic E-state index is 12.3. The number of aromatic nitrogens is 2. The van der Waals surface area contributed by atoms with Gasteiger partial charge in [0, 0.05) is 35.4 Å². The van der Waals surface area contributed by atoms with E-state index in [1.165, 1.54) is 11.3 Å². The number of amides is 1. The van der Waals surface area contributed by atoms with Crippen LogP contribution in [0.4, 0.5) is 5.69 Å². The van der Waals surface area contributed by atoms with Gasteiger partial charge in [-0.1, -0.05) is 0 Å². The highest BCUT2D eigenvalue weighted by Crippen LogP contribution is 2.27. The number of hydrogen-bond donors (Lipinski definition) is 2. The molecule has 108 valence electrons. The van der Waals surface area contributed by atoms with Gasteiger partial charge in [-0.25, -0.2) is 4.98 Å². The Labute approximate surface area is 126 Å². The molecule has 6 heteroatoms. The largest absolute Gasteiger partial charge is 0.399 e. The van der Waals surface area contributed by atoms with Gasteiger partial charge in [0.15, 0.2) is 0 Å². The number of fused-ring (bicyclic) bond motifs is 1. The molecule has 0 spiro atoms. The van der Waals surface area contributed by atoms with E-state index in [0.29, 0.717) is 17.1 Å². The number of thiophene rings is 1. The molecule has 2 heterocycles. The van der Waals surface area contributed by atoms with Crippen LogP contribution in [0.15, 0.2) is 43.0 Å². The van der Waals surface area contributed by atoms with E-state index in [4.69, 9.17) is 5.73 Å². The number of carbonyl (C=O) groups excluding carboxylic acids is 1. The number of anilines is 1. The van der Waals surface area contributed by atoms with Gasteiger partial charge in [-0.2, -0.15) is 0 Å². The first kappa shape index (κ1) is 13.6. The number of imidazole rings is 1. The summed E-state index contributed by atoms with van der Waals surface area (Å²) in [7, 11) is 0. The first-order chi connectivity index (χ1) is 10.1. The lowest BCUT2D eigenvalue weighted by Gasteiger charge is -2.13.